The van der Waals surface area contributed by atoms with Gasteiger partial charge >= 0.3 is 42.5 Å². The minimum Gasteiger partial charge on any atom is -0.437 e. The van der Waals surface area contributed by atoms with Gasteiger partial charge in [0.2, 0.25) is 0 Å². The number of hydrogen-bond donors (Lipinski definition) is 5. The highest BCUT2D eigenvalue weighted by molar-refractivity contribution is 7.87. The van der Waals surface area contributed by atoms with E-state index in [9.17, 15) is 44.8 Å². The van der Waals surface area contributed by atoms with E-state index in [2.05, 4.69) is 36.8 Å². The number of hydrogen-bond acceptors (Lipinski definition) is 11. The van der Waals surface area contributed by atoms with Crippen LogP contribution in [0.15, 0.2) is 107 Å². The number of halogens is 6. The fourth-order valence-electron chi connectivity index (χ4n) is 4.20. The Morgan fingerprint density at radius 3 is 2.00 bits per heavy atom. The van der Waals surface area contributed by atoms with Crippen molar-refractivity contribution in [1.29, 1.82) is 0 Å². The second kappa shape index (κ2) is 20.0. The zero-order valence-corrected chi connectivity index (χ0v) is 29.6. The Bertz CT molecular complexity index is 1750. The number of hydrazone groups is 2. The number of rotatable bonds is 11. The minimum atomic E-state index is -5.14. The van der Waals surface area contributed by atoms with Crippen molar-refractivity contribution in [2.24, 2.45) is 10.2 Å². The molecule has 0 radical (unpaired) electrons. The topological polar surface area (TPSA) is 148 Å². The summed E-state index contributed by atoms with van der Waals surface area (Å²) in [5.74, 6) is -1.95. The van der Waals surface area contributed by atoms with Crippen molar-refractivity contribution in [3.05, 3.63) is 103 Å². The van der Waals surface area contributed by atoms with Crippen molar-refractivity contribution in [2.75, 3.05) is 10.4 Å². The maximum Gasteiger partial charge on any atom is 0.471 e. The van der Waals surface area contributed by atoms with E-state index in [0.717, 1.165) is 17.7 Å². The van der Waals surface area contributed by atoms with Crippen LogP contribution in [0.1, 0.15) is 31.4 Å². The highest BCUT2D eigenvalue weighted by Gasteiger charge is 2.43. The van der Waals surface area contributed by atoms with Gasteiger partial charge in [0, 0.05) is 19.5 Å². The van der Waals surface area contributed by atoms with E-state index in [1.807, 2.05) is 13.0 Å². The molecule has 1 heterocycles. The van der Waals surface area contributed by atoms with Crippen LogP contribution in [-0.4, -0.2) is 62.6 Å². The Morgan fingerprint density at radius 2 is 1.50 bits per heavy atom. The van der Waals surface area contributed by atoms with Gasteiger partial charge in [-0.2, -0.15) is 39.9 Å². The molecule has 0 saturated carbocycles. The predicted molar refractivity (Wildman–Crippen MR) is 192 cm³/mol. The zero-order valence-electron chi connectivity index (χ0n) is 28.8. The van der Waals surface area contributed by atoms with Crippen molar-refractivity contribution in [3.8, 4) is 0 Å². The molecule has 11 nitrogen and oxygen atoms in total. The second-order valence-corrected chi connectivity index (χ2v) is 12.8. The fourth-order valence-corrected chi connectivity index (χ4v) is 5.12. The van der Waals surface area contributed by atoms with Gasteiger partial charge in [-0.1, -0.05) is 48.5 Å². The molecule has 52 heavy (non-hydrogen) atoms. The molecule has 4 rings (SSSR count). The number of anilines is 2. The quantitative estimate of drug-likeness (QED) is 0.0295. The van der Waals surface area contributed by atoms with Crippen LogP contribution in [0.25, 0.3) is 0 Å². The van der Waals surface area contributed by atoms with Crippen LogP contribution in [-0.2, 0) is 27.4 Å². The van der Waals surface area contributed by atoms with Crippen molar-refractivity contribution >= 4 is 47.2 Å². The summed E-state index contributed by atoms with van der Waals surface area (Å²) in [6.45, 7) is 10.8. The Hall–Kier alpha value is -4.36. The Morgan fingerprint density at radius 1 is 0.962 bits per heavy atom. The molecule has 0 aromatic heterocycles. The smallest absolute Gasteiger partial charge is 0.437 e. The van der Waals surface area contributed by atoms with Crippen LogP contribution in [0, 0.1) is 0 Å². The van der Waals surface area contributed by atoms with Crippen LogP contribution in [0.2, 0.25) is 13.6 Å². The summed E-state index contributed by atoms with van der Waals surface area (Å²) in [4.78, 5) is -0.432. The van der Waals surface area contributed by atoms with Crippen molar-refractivity contribution in [1.82, 2.24) is 10.5 Å². The molecule has 3 aromatic rings. The monoisotopic (exact) mass is 756 g/mol. The predicted octanol–water partition coefficient (Wildman–Crippen LogP) is 6.18. The third-order valence-corrected chi connectivity index (χ3v) is 7.74. The molecule has 282 valence electrons. The molecule has 0 fully saturated rings. The summed E-state index contributed by atoms with van der Waals surface area (Å²) in [6, 6.07) is 19.4. The molecule has 0 aliphatic carbocycles. The van der Waals surface area contributed by atoms with Crippen LogP contribution in [0.4, 0.5) is 37.7 Å². The number of benzene rings is 3. The van der Waals surface area contributed by atoms with Crippen molar-refractivity contribution in [2.45, 2.75) is 70.3 Å². The van der Waals surface area contributed by atoms with E-state index in [4.69, 9.17) is 0 Å². The van der Waals surface area contributed by atoms with E-state index >= 15 is 0 Å². The standard InChI is InChI=1S/C16H17BF3N3O4S.C13H17BF3N3O.C3H6/c1-17(24)21-11-12-6-5-7-13(10-12)22-23-15(16(18,19)20)27-28(25,26)14-8-3-2-4-9-14;1-9-6-12(13(15,16)17)19-20(9)11-5-3-4-10(7-11)8-18-14(2)21;1-3-2/h2-10,21-22,24H,11H2,1H3;3-5,7,9,18,21H,6,8H2,1-2H3;3H,1H2,2H3/b23-15-;;. The van der Waals surface area contributed by atoms with E-state index < -0.39 is 53.1 Å². The number of nitrogens with zero attached hydrogens (tertiary/aromatic N) is 3. The maximum atomic E-state index is 13.2. The van der Waals surface area contributed by atoms with Gasteiger partial charge in [0.15, 0.2) is 0 Å². The van der Waals surface area contributed by atoms with Gasteiger partial charge in [-0.05, 0) is 75.0 Å². The molecule has 3 aromatic carbocycles. The van der Waals surface area contributed by atoms with E-state index in [1.54, 1.807) is 50.2 Å². The molecule has 20 heteroatoms. The molecule has 1 atom stereocenters. The van der Waals surface area contributed by atoms with Crippen molar-refractivity contribution < 1.29 is 49.0 Å². The number of alkyl halides is 6. The van der Waals surface area contributed by atoms with Crippen molar-refractivity contribution in [3.63, 3.8) is 0 Å². The average Bonchev–Trinajstić information content (AvgIpc) is 3.48. The molecule has 0 spiro atoms. The van der Waals surface area contributed by atoms with Gasteiger partial charge < -0.3 is 24.7 Å². The van der Waals surface area contributed by atoms with Gasteiger partial charge in [0.1, 0.15) is 10.6 Å². The van der Waals surface area contributed by atoms with Gasteiger partial charge in [-0.3, -0.25) is 10.4 Å². The van der Waals surface area contributed by atoms with Crippen LogP contribution in [0.3, 0.4) is 0 Å². The molecular formula is C32H40B2F6N6O5S. The molecule has 1 unspecified atom stereocenters. The molecule has 1 aliphatic heterocycles. The normalized spacial score (nSPS) is 14.6. The molecular weight excluding hydrogens is 716 g/mol. The highest BCUT2D eigenvalue weighted by atomic mass is 32.2. The van der Waals surface area contributed by atoms with Gasteiger partial charge in [-0.15, -0.1) is 11.7 Å². The number of nitrogens with one attached hydrogen (secondary N) is 3. The lowest BCUT2D eigenvalue weighted by atomic mass is 9.88. The summed E-state index contributed by atoms with van der Waals surface area (Å²) in [5, 5.41) is 32.2. The first-order valence-electron chi connectivity index (χ1n) is 15.7. The Labute approximate surface area is 299 Å². The summed E-state index contributed by atoms with van der Waals surface area (Å²) >= 11 is 0. The second-order valence-electron chi connectivity index (χ2n) is 11.2. The fraction of sp³-hybridized carbons (Fsp3) is 0.312. The Kier molecular flexibility index (Phi) is 16.9. The third kappa shape index (κ3) is 15.1. The number of allylic oxidation sites excluding steroid dienone is 1. The first kappa shape index (κ1) is 43.8. The lowest BCUT2D eigenvalue weighted by Crippen LogP contribution is -2.30. The molecule has 0 bridgehead atoms. The Balaban J connectivity index is 0.000000346. The largest absolute Gasteiger partial charge is 0.471 e. The van der Waals surface area contributed by atoms with Gasteiger partial charge in [0.25, 0.3) is 0 Å². The molecule has 0 saturated heterocycles. The zero-order chi connectivity index (χ0) is 39.1. The first-order valence-corrected chi connectivity index (χ1v) is 17.1. The third-order valence-electron chi connectivity index (χ3n) is 6.52. The van der Waals surface area contributed by atoms with Gasteiger partial charge in [-0.25, -0.2) is 0 Å². The van der Waals surface area contributed by atoms with Crippen LogP contribution in [0.5, 0.6) is 0 Å². The van der Waals surface area contributed by atoms with Crippen LogP contribution < -0.4 is 20.9 Å². The highest BCUT2D eigenvalue weighted by Crippen LogP contribution is 2.31. The summed E-state index contributed by atoms with van der Waals surface area (Å²) in [5.41, 5.74) is 3.72. The SMILES string of the molecule is C=CC.CB(O)NCc1cccc(N/N=C(\OS(=O)(=O)c2ccccc2)C(F)(F)F)c1.CB(O)NCc1cccc(N2N=C(C(F)(F)F)CC2C)c1. The van der Waals surface area contributed by atoms with Gasteiger partial charge in [0.05, 0.1) is 17.4 Å². The van der Waals surface area contributed by atoms with E-state index in [0.29, 0.717) is 17.8 Å². The summed E-state index contributed by atoms with van der Waals surface area (Å²) < 4.78 is 106. The average molecular weight is 756 g/mol. The molecule has 0 amide bonds. The minimum absolute atomic E-state index is 0.111. The lowest BCUT2D eigenvalue weighted by molar-refractivity contribution is -0.0708. The molecule has 1 aliphatic rings. The summed E-state index contributed by atoms with van der Waals surface area (Å²) in [7, 11) is -6.11. The van der Waals surface area contributed by atoms with E-state index in [-0.39, 0.29) is 24.7 Å². The lowest BCUT2D eigenvalue weighted by Gasteiger charge is -2.20. The van der Waals surface area contributed by atoms with Crippen LogP contribution >= 0.6 is 0 Å². The van der Waals surface area contributed by atoms with E-state index in [1.165, 1.54) is 42.2 Å². The molecule has 5 N–H and O–H groups in total. The maximum absolute atomic E-state index is 13.2. The first-order chi connectivity index (χ1) is 24.3. The summed E-state index contributed by atoms with van der Waals surface area (Å²) in [6.07, 6.45) is -7.88.